The zero-order chi connectivity index (χ0) is 22.6. The summed E-state index contributed by atoms with van der Waals surface area (Å²) in [5.74, 6) is 0.787. The van der Waals surface area contributed by atoms with E-state index in [9.17, 15) is 8.42 Å². The number of unbranched alkanes of at least 4 members (excludes halogenated alkanes) is 3. The van der Waals surface area contributed by atoms with E-state index in [2.05, 4.69) is 41.6 Å². The summed E-state index contributed by atoms with van der Waals surface area (Å²) in [5.41, 5.74) is 2.15. The molecule has 1 aliphatic heterocycles. The number of rotatable bonds is 9. The largest absolute Gasteiger partial charge is 0.360 e. The Kier molecular flexibility index (Phi) is 7.47. The SMILES string of the molecule is CCCCCCN1CC[C@](C)(c2cccc(NS(=O)(=O)c3c(C)noc3C)c2)[C@@H](C)C1. The lowest BCUT2D eigenvalue weighted by atomic mass is 9.68. The van der Waals surface area contributed by atoms with Crippen molar-refractivity contribution in [2.24, 2.45) is 5.92 Å². The molecule has 0 spiro atoms. The third-order valence-electron chi connectivity index (χ3n) is 6.91. The van der Waals surface area contributed by atoms with Crippen LogP contribution in [0.5, 0.6) is 0 Å². The summed E-state index contributed by atoms with van der Waals surface area (Å²) in [5, 5.41) is 3.78. The molecule has 0 unspecified atom stereocenters. The molecule has 0 amide bonds. The van der Waals surface area contributed by atoms with Gasteiger partial charge in [0.25, 0.3) is 10.0 Å². The first kappa shape index (κ1) is 23.8. The molecule has 3 rings (SSSR count). The Morgan fingerprint density at radius 2 is 2.03 bits per heavy atom. The van der Waals surface area contributed by atoms with Crippen molar-refractivity contribution in [1.82, 2.24) is 10.1 Å². The van der Waals surface area contributed by atoms with E-state index in [1.54, 1.807) is 19.9 Å². The maximum Gasteiger partial charge on any atom is 0.267 e. The van der Waals surface area contributed by atoms with Crippen LogP contribution in [-0.4, -0.2) is 38.1 Å². The van der Waals surface area contributed by atoms with E-state index in [0.717, 1.165) is 19.5 Å². The lowest BCUT2D eigenvalue weighted by Gasteiger charge is -2.45. The van der Waals surface area contributed by atoms with Crippen LogP contribution in [-0.2, 0) is 15.4 Å². The highest BCUT2D eigenvalue weighted by Gasteiger charge is 2.38. The lowest BCUT2D eigenvalue weighted by molar-refractivity contribution is 0.109. The highest BCUT2D eigenvalue weighted by atomic mass is 32.2. The summed E-state index contributed by atoms with van der Waals surface area (Å²) in [6.07, 6.45) is 6.24. The minimum atomic E-state index is -3.75. The average molecular weight is 448 g/mol. The highest BCUT2D eigenvalue weighted by Crippen LogP contribution is 2.40. The number of piperidine rings is 1. The minimum absolute atomic E-state index is 0.0183. The smallest absolute Gasteiger partial charge is 0.267 e. The molecule has 1 aliphatic rings. The Morgan fingerprint density at radius 1 is 1.26 bits per heavy atom. The molecule has 2 heterocycles. The van der Waals surface area contributed by atoms with Crippen LogP contribution in [0.2, 0.25) is 0 Å². The van der Waals surface area contributed by atoms with Gasteiger partial charge in [0, 0.05) is 12.2 Å². The first-order chi connectivity index (χ1) is 14.7. The standard InChI is InChI=1S/C24H37N3O3S/c1-6-7-8-9-14-27-15-13-24(5,18(2)17-27)21-11-10-12-22(16-21)26-31(28,29)23-19(3)25-30-20(23)4/h10-12,16,18,26H,6-9,13-15,17H2,1-5H3/t18-,24-/m0/s1. The number of hydrogen-bond donors (Lipinski definition) is 1. The number of aromatic nitrogens is 1. The van der Waals surface area contributed by atoms with Crippen molar-refractivity contribution in [3.63, 3.8) is 0 Å². The number of nitrogens with zero attached hydrogens (tertiary/aromatic N) is 2. The fourth-order valence-electron chi connectivity index (χ4n) is 4.71. The average Bonchev–Trinajstić information content (AvgIpc) is 3.07. The van der Waals surface area contributed by atoms with Gasteiger partial charge in [-0.2, -0.15) is 0 Å². The molecule has 0 radical (unpaired) electrons. The molecular weight excluding hydrogens is 410 g/mol. The summed E-state index contributed by atoms with van der Waals surface area (Å²) in [6.45, 7) is 13.5. The summed E-state index contributed by atoms with van der Waals surface area (Å²) >= 11 is 0. The minimum Gasteiger partial charge on any atom is -0.360 e. The van der Waals surface area contributed by atoms with Crippen molar-refractivity contribution in [2.75, 3.05) is 24.4 Å². The maximum absolute atomic E-state index is 12.9. The predicted molar refractivity (Wildman–Crippen MR) is 125 cm³/mol. The van der Waals surface area contributed by atoms with E-state index < -0.39 is 10.0 Å². The van der Waals surface area contributed by atoms with Crippen molar-refractivity contribution >= 4 is 15.7 Å². The lowest BCUT2D eigenvalue weighted by Crippen LogP contribution is -2.47. The van der Waals surface area contributed by atoms with Gasteiger partial charge in [-0.05, 0) is 68.8 Å². The Hall–Kier alpha value is -1.86. The Labute approximate surface area is 187 Å². The fourth-order valence-corrected chi connectivity index (χ4v) is 6.09. The first-order valence-corrected chi connectivity index (χ1v) is 12.9. The van der Waals surface area contributed by atoms with Crippen LogP contribution >= 0.6 is 0 Å². The number of benzene rings is 1. The van der Waals surface area contributed by atoms with Gasteiger partial charge in [-0.1, -0.05) is 57.3 Å². The van der Waals surface area contributed by atoms with Gasteiger partial charge in [0.1, 0.15) is 5.69 Å². The van der Waals surface area contributed by atoms with Crippen LogP contribution in [0.4, 0.5) is 5.69 Å². The topological polar surface area (TPSA) is 75.4 Å². The second-order valence-corrected chi connectivity index (χ2v) is 10.9. The molecule has 1 fully saturated rings. The normalized spacial score (nSPS) is 22.5. The molecular formula is C24H37N3O3S. The molecule has 172 valence electrons. The highest BCUT2D eigenvalue weighted by molar-refractivity contribution is 7.92. The van der Waals surface area contributed by atoms with Gasteiger partial charge in [-0.15, -0.1) is 0 Å². The van der Waals surface area contributed by atoms with Crippen molar-refractivity contribution in [3.8, 4) is 0 Å². The van der Waals surface area contributed by atoms with Crippen molar-refractivity contribution < 1.29 is 12.9 Å². The van der Waals surface area contributed by atoms with Gasteiger partial charge in [0.05, 0.1) is 0 Å². The predicted octanol–water partition coefficient (Wildman–Crippen LogP) is 5.27. The van der Waals surface area contributed by atoms with Gasteiger partial charge < -0.3 is 9.42 Å². The molecule has 31 heavy (non-hydrogen) atoms. The zero-order valence-corrected chi connectivity index (χ0v) is 20.4. The van der Waals surface area contributed by atoms with E-state index in [0.29, 0.717) is 23.1 Å². The molecule has 6 nitrogen and oxygen atoms in total. The monoisotopic (exact) mass is 447 g/mol. The fraction of sp³-hybridized carbons (Fsp3) is 0.625. The molecule has 2 aromatic rings. The van der Waals surface area contributed by atoms with Crippen LogP contribution in [0, 0.1) is 19.8 Å². The number of sulfonamides is 1. The van der Waals surface area contributed by atoms with Crippen molar-refractivity contribution in [1.29, 1.82) is 0 Å². The van der Waals surface area contributed by atoms with Crippen molar-refractivity contribution in [3.05, 3.63) is 41.3 Å². The Morgan fingerprint density at radius 3 is 2.68 bits per heavy atom. The third-order valence-corrected chi connectivity index (χ3v) is 8.53. The molecule has 1 aromatic heterocycles. The van der Waals surface area contributed by atoms with Gasteiger partial charge in [0.15, 0.2) is 10.7 Å². The van der Waals surface area contributed by atoms with E-state index in [4.69, 9.17) is 4.52 Å². The second kappa shape index (κ2) is 9.74. The maximum atomic E-state index is 12.9. The van der Waals surface area contributed by atoms with Gasteiger partial charge in [-0.3, -0.25) is 4.72 Å². The third kappa shape index (κ3) is 5.32. The Bertz CT molecular complexity index is 966. The summed E-state index contributed by atoms with van der Waals surface area (Å²) < 4.78 is 33.6. The summed E-state index contributed by atoms with van der Waals surface area (Å²) in [4.78, 5) is 2.71. The summed E-state index contributed by atoms with van der Waals surface area (Å²) in [7, 11) is -3.75. The molecule has 2 atom stereocenters. The van der Waals surface area contributed by atoms with E-state index >= 15 is 0 Å². The van der Waals surface area contributed by atoms with Crippen LogP contribution < -0.4 is 4.72 Å². The molecule has 0 bridgehead atoms. The quantitative estimate of drug-likeness (QED) is 0.530. The first-order valence-electron chi connectivity index (χ1n) is 11.5. The van der Waals surface area contributed by atoms with Crippen LogP contribution in [0.1, 0.15) is 69.9 Å². The van der Waals surface area contributed by atoms with Gasteiger partial charge in [-0.25, -0.2) is 8.42 Å². The molecule has 0 saturated carbocycles. The zero-order valence-electron chi connectivity index (χ0n) is 19.6. The van der Waals surface area contributed by atoms with Crippen molar-refractivity contribution in [2.45, 2.75) is 77.0 Å². The molecule has 7 heteroatoms. The molecule has 1 aromatic carbocycles. The van der Waals surface area contributed by atoms with Gasteiger partial charge >= 0.3 is 0 Å². The Balaban J connectivity index is 1.72. The number of nitrogens with one attached hydrogen (secondary N) is 1. The number of hydrogen-bond acceptors (Lipinski definition) is 5. The van der Waals surface area contributed by atoms with Gasteiger partial charge in [0.2, 0.25) is 0 Å². The van der Waals surface area contributed by atoms with Crippen LogP contribution in [0.25, 0.3) is 0 Å². The van der Waals surface area contributed by atoms with E-state index in [1.807, 2.05) is 12.1 Å². The van der Waals surface area contributed by atoms with E-state index in [-0.39, 0.29) is 10.3 Å². The molecule has 0 aliphatic carbocycles. The number of likely N-dealkylation sites (tertiary alicyclic amines) is 1. The molecule has 1 N–H and O–H groups in total. The summed E-state index contributed by atoms with van der Waals surface area (Å²) in [6, 6.07) is 7.86. The number of aryl methyl sites for hydroxylation is 2. The van der Waals surface area contributed by atoms with Crippen LogP contribution in [0.3, 0.4) is 0 Å². The van der Waals surface area contributed by atoms with Crippen LogP contribution in [0.15, 0.2) is 33.7 Å². The number of anilines is 1. The molecule has 1 saturated heterocycles. The van der Waals surface area contributed by atoms with E-state index in [1.165, 1.54) is 37.8 Å². The second-order valence-electron chi connectivity index (χ2n) is 9.27.